The Balaban J connectivity index is 1.58. The molecule has 3 aromatic carbocycles. The summed E-state index contributed by atoms with van der Waals surface area (Å²) in [6, 6.07) is 20.8. The Morgan fingerprint density at radius 2 is 1.82 bits per heavy atom. The molecule has 0 atom stereocenters. The molecule has 0 fully saturated rings. The molecule has 0 spiro atoms. The minimum atomic E-state index is 0.0457. The van der Waals surface area contributed by atoms with Gasteiger partial charge in [-0.1, -0.05) is 54.2 Å². The SMILES string of the molecule is CCn1c(=O)/c(=C2/Sc3ccc4ccccc4c3N2C)s/c1=C/c1oc2ccccc2[n+]1CC. The maximum Gasteiger partial charge on any atom is 0.377 e. The number of oxazole rings is 1. The van der Waals surface area contributed by atoms with Gasteiger partial charge in [0.1, 0.15) is 20.8 Å². The Morgan fingerprint density at radius 1 is 1.03 bits per heavy atom. The number of hydrogen-bond donors (Lipinski definition) is 0. The third-order valence-corrected chi connectivity index (χ3v) is 8.80. The van der Waals surface area contributed by atoms with E-state index in [1.54, 1.807) is 11.8 Å². The van der Waals surface area contributed by atoms with Crippen LogP contribution in [0.15, 0.2) is 74.8 Å². The summed E-state index contributed by atoms with van der Waals surface area (Å²) >= 11 is 3.21. The van der Waals surface area contributed by atoms with Crippen molar-refractivity contribution in [3.05, 3.63) is 86.1 Å². The second-order valence-corrected chi connectivity index (χ2v) is 10.3. The molecule has 5 aromatic rings. The molecule has 3 heterocycles. The van der Waals surface area contributed by atoms with Gasteiger partial charge in [0.2, 0.25) is 5.58 Å². The lowest BCUT2D eigenvalue weighted by Gasteiger charge is -2.15. The van der Waals surface area contributed by atoms with Crippen LogP contribution < -0.4 is 24.2 Å². The van der Waals surface area contributed by atoms with Crippen molar-refractivity contribution in [1.29, 1.82) is 0 Å². The Hall–Kier alpha value is -3.29. The number of rotatable bonds is 3. The van der Waals surface area contributed by atoms with Crippen molar-refractivity contribution in [2.45, 2.75) is 31.8 Å². The number of anilines is 1. The number of benzene rings is 3. The lowest BCUT2D eigenvalue weighted by molar-refractivity contribution is -0.674. The Labute approximate surface area is 204 Å². The number of thiazole rings is 1. The Kier molecular flexibility index (Phi) is 5.12. The number of aromatic nitrogens is 2. The van der Waals surface area contributed by atoms with Gasteiger partial charge in [0, 0.05) is 29.9 Å². The topological polar surface area (TPSA) is 42.3 Å². The molecule has 0 radical (unpaired) electrons. The second-order valence-electron chi connectivity index (χ2n) is 8.22. The minimum Gasteiger partial charge on any atom is -0.398 e. The number of para-hydroxylation sites is 2. The van der Waals surface area contributed by atoms with Crippen LogP contribution in [0.25, 0.3) is 33.0 Å². The smallest absolute Gasteiger partial charge is 0.377 e. The third-order valence-electron chi connectivity index (χ3n) is 6.33. The van der Waals surface area contributed by atoms with Gasteiger partial charge in [-0.05, 0) is 31.4 Å². The van der Waals surface area contributed by atoms with Crippen molar-refractivity contribution in [2.24, 2.45) is 0 Å². The van der Waals surface area contributed by atoms with Crippen LogP contribution in [0.1, 0.15) is 19.7 Å². The van der Waals surface area contributed by atoms with Crippen LogP contribution in [-0.4, -0.2) is 11.6 Å². The van der Waals surface area contributed by atoms with E-state index in [2.05, 4.69) is 65.9 Å². The summed E-state index contributed by atoms with van der Waals surface area (Å²) in [7, 11) is 2.06. The average Bonchev–Trinajstić information content (AvgIpc) is 3.49. The van der Waals surface area contributed by atoms with Crippen LogP contribution in [0.2, 0.25) is 0 Å². The molecule has 5 nitrogen and oxygen atoms in total. The van der Waals surface area contributed by atoms with E-state index in [9.17, 15) is 4.79 Å². The van der Waals surface area contributed by atoms with Crippen LogP contribution in [0.4, 0.5) is 5.69 Å². The molecular weight excluding hydrogens is 462 g/mol. The molecule has 0 bridgehead atoms. The normalized spacial score (nSPS) is 15.6. The van der Waals surface area contributed by atoms with Crippen LogP contribution in [0, 0.1) is 0 Å². The van der Waals surface area contributed by atoms with E-state index in [1.807, 2.05) is 35.8 Å². The molecule has 1 aliphatic rings. The molecule has 0 unspecified atom stereocenters. The van der Waals surface area contributed by atoms with Gasteiger partial charge in [-0.2, -0.15) is 4.57 Å². The van der Waals surface area contributed by atoms with Gasteiger partial charge in [-0.25, -0.2) is 0 Å². The molecule has 2 aromatic heterocycles. The van der Waals surface area contributed by atoms with Crippen LogP contribution >= 0.6 is 23.1 Å². The molecule has 0 saturated carbocycles. The quantitative estimate of drug-likeness (QED) is 0.357. The van der Waals surface area contributed by atoms with Gasteiger partial charge in [0.15, 0.2) is 0 Å². The molecule has 0 saturated heterocycles. The fourth-order valence-corrected chi connectivity index (χ4v) is 7.16. The summed E-state index contributed by atoms with van der Waals surface area (Å²) in [4.78, 5) is 16.9. The van der Waals surface area contributed by atoms with E-state index in [4.69, 9.17) is 4.42 Å². The van der Waals surface area contributed by atoms with E-state index in [0.29, 0.717) is 6.54 Å². The zero-order chi connectivity index (χ0) is 23.4. The predicted molar refractivity (Wildman–Crippen MR) is 141 cm³/mol. The van der Waals surface area contributed by atoms with E-state index in [0.717, 1.165) is 37.8 Å². The average molecular weight is 487 g/mol. The zero-order valence-electron chi connectivity index (χ0n) is 19.2. The van der Waals surface area contributed by atoms with Gasteiger partial charge in [-0.3, -0.25) is 9.36 Å². The first-order valence-electron chi connectivity index (χ1n) is 11.4. The first-order valence-corrected chi connectivity index (χ1v) is 13.0. The number of aryl methyl sites for hydroxylation is 1. The summed E-state index contributed by atoms with van der Waals surface area (Å²) in [5.74, 6) is 0.755. The number of fused-ring (bicyclic) bond motifs is 4. The highest BCUT2D eigenvalue weighted by Crippen LogP contribution is 2.48. The van der Waals surface area contributed by atoms with Crippen molar-refractivity contribution < 1.29 is 8.98 Å². The fraction of sp³-hybridized carbons (Fsp3) is 0.185. The van der Waals surface area contributed by atoms with Crippen molar-refractivity contribution in [1.82, 2.24) is 4.57 Å². The first kappa shape index (κ1) is 21.3. The molecular formula is C27H24N3O2S2+. The zero-order valence-corrected chi connectivity index (χ0v) is 20.9. The number of hydrogen-bond acceptors (Lipinski definition) is 5. The second kappa shape index (κ2) is 8.18. The lowest BCUT2D eigenvalue weighted by Crippen LogP contribution is -2.36. The van der Waals surface area contributed by atoms with E-state index >= 15 is 0 Å². The number of thioether (sulfide) groups is 1. The maximum atomic E-state index is 13.5. The molecule has 7 heteroatoms. The summed E-state index contributed by atoms with van der Waals surface area (Å²) in [6.45, 7) is 5.51. The van der Waals surface area contributed by atoms with Gasteiger partial charge >= 0.3 is 5.89 Å². The maximum absolute atomic E-state index is 13.5. The third kappa shape index (κ3) is 3.15. The van der Waals surface area contributed by atoms with Crippen molar-refractivity contribution in [2.75, 3.05) is 11.9 Å². The van der Waals surface area contributed by atoms with Crippen molar-refractivity contribution in [3.8, 4) is 0 Å². The standard InChI is InChI=1S/C27H24N3O2S2/c1-4-29-19-12-8-9-13-20(19)32-22(29)16-23-30(5-2)26(31)25(34-23)27-28(3)24-18-11-7-6-10-17(18)14-15-21(24)33-27/h6-16H,4-5H2,1-3H3/q+1/b27-25-. The van der Waals surface area contributed by atoms with Crippen LogP contribution in [-0.2, 0) is 13.1 Å². The monoisotopic (exact) mass is 486 g/mol. The highest BCUT2D eigenvalue weighted by molar-refractivity contribution is 8.08. The number of nitrogens with zero attached hydrogens (tertiary/aromatic N) is 3. The van der Waals surface area contributed by atoms with Crippen LogP contribution in [0.3, 0.4) is 0 Å². The van der Waals surface area contributed by atoms with Crippen LogP contribution in [0.5, 0.6) is 0 Å². The first-order chi connectivity index (χ1) is 16.6. The van der Waals surface area contributed by atoms with Gasteiger partial charge < -0.3 is 9.32 Å². The summed E-state index contributed by atoms with van der Waals surface area (Å²) in [5, 5.41) is 3.39. The van der Waals surface area contributed by atoms with Crippen molar-refractivity contribution >= 4 is 61.8 Å². The summed E-state index contributed by atoms with van der Waals surface area (Å²) in [5.41, 5.74) is 3.12. The predicted octanol–water partition coefficient (Wildman–Crippen LogP) is 4.27. The summed E-state index contributed by atoms with van der Waals surface area (Å²) < 4.78 is 11.8. The Bertz CT molecular complexity index is 1760. The highest BCUT2D eigenvalue weighted by atomic mass is 32.2. The molecule has 34 heavy (non-hydrogen) atoms. The minimum absolute atomic E-state index is 0.0457. The molecule has 1 aliphatic heterocycles. The van der Waals surface area contributed by atoms with Crippen molar-refractivity contribution in [3.63, 3.8) is 0 Å². The van der Waals surface area contributed by atoms with Gasteiger partial charge in [-0.15, -0.1) is 11.3 Å². The van der Waals surface area contributed by atoms with Gasteiger partial charge in [0.25, 0.3) is 11.1 Å². The molecule has 6 rings (SSSR count). The molecule has 0 aliphatic carbocycles. The van der Waals surface area contributed by atoms with Gasteiger partial charge in [0.05, 0.1) is 11.8 Å². The molecule has 170 valence electrons. The van der Waals surface area contributed by atoms with E-state index < -0.39 is 0 Å². The largest absolute Gasteiger partial charge is 0.398 e. The lowest BCUT2D eigenvalue weighted by atomic mass is 10.1. The fourth-order valence-electron chi connectivity index (χ4n) is 4.70. The highest BCUT2D eigenvalue weighted by Gasteiger charge is 2.27. The van der Waals surface area contributed by atoms with E-state index in [-0.39, 0.29) is 5.56 Å². The Morgan fingerprint density at radius 3 is 2.65 bits per heavy atom. The summed E-state index contributed by atoms with van der Waals surface area (Å²) in [6.07, 6.45) is 2.01. The molecule has 0 N–H and O–H groups in total. The van der Waals surface area contributed by atoms with E-state index in [1.165, 1.54) is 32.7 Å². The molecule has 0 amide bonds.